The standard InChI is InChI=1S/C12H14O/c1-3-9-12(10(2)13-12)11-7-5-4-6-8-11/h3-8,10H,1,9H2,2H3/t10-,12-/m1/s1. The highest BCUT2D eigenvalue weighted by atomic mass is 16.6. The molecule has 0 radical (unpaired) electrons. The summed E-state index contributed by atoms with van der Waals surface area (Å²) in [6.07, 6.45) is 3.15. The Bertz CT molecular complexity index is 304. The van der Waals surface area contributed by atoms with Crippen LogP contribution in [-0.2, 0) is 10.3 Å². The maximum atomic E-state index is 5.66. The van der Waals surface area contributed by atoms with Gasteiger partial charge in [-0.3, -0.25) is 0 Å². The Morgan fingerprint density at radius 3 is 2.54 bits per heavy atom. The van der Waals surface area contributed by atoms with Gasteiger partial charge < -0.3 is 4.74 Å². The van der Waals surface area contributed by atoms with Gasteiger partial charge in [0, 0.05) is 6.42 Å². The summed E-state index contributed by atoms with van der Waals surface area (Å²) in [6.45, 7) is 5.87. The Kier molecular flexibility index (Phi) is 1.97. The van der Waals surface area contributed by atoms with Crippen LogP contribution in [0.25, 0.3) is 0 Å². The third-order valence-electron chi connectivity index (χ3n) is 2.70. The molecule has 0 aromatic heterocycles. The highest BCUT2D eigenvalue weighted by Gasteiger charge is 2.53. The van der Waals surface area contributed by atoms with Gasteiger partial charge in [-0.25, -0.2) is 0 Å². The Morgan fingerprint density at radius 2 is 2.08 bits per heavy atom. The van der Waals surface area contributed by atoms with Crippen molar-refractivity contribution >= 4 is 0 Å². The SMILES string of the molecule is C=CC[C@@]1(c2ccccc2)O[C@@H]1C. The summed E-state index contributed by atoms with van der Waals surface area (Å²) >= 11 is 0. The summed E-state index contributed by atoms with van der Waals surface area (Å²) in [7, 11) is 0. The van der Waals surface area contributed by atoms with Gasteiger partial charge in [0.05, 0.1) is 6.10 Å². The van der Waals surface area contributed by atoms with E-state index in [4.69, 9.17) is 4.74 Å². The molecule has 0 aliphatic carbocycles. The molecule has 1 heteroatoms. The second-order valence-electron chi connectivity index (χ2n) is 3.51. The topological polar surface area (TPSA) is 12.5 Å². The largest absolute Gasteiger partial charge is 0.361 e. The van der Waals surface area contributed by atoms with E-state index in [2.05, 4.69) is 37.8 Å². The quantitative estimate of drug-likeness (QED) is 0.507. The summed E-state index contributed by atoms with van der Waals surface area (Å²) < 4.78 is 5.66. The average molecular weight is 174 g/mol. The Balaban J connectivity index is 2.29. The van der Waals surface area contributed by atoms with E-state index in [0.717, 1.165) is 6.42 Å². The molecule has 1 saturated heterocycles. The predicted octanol–water partition coefficient (Wildman–Crippen LogP) is 2.88. The highest BCUT2D eigenvalue weighted by molar-refractivity contribution is 5.29. The average Bonchev–Trinajstić information content (AvgIpc) is 2.80. The van der Waals surface area contributed by atoms with Gasteiger partial charge in [0.25, 0.3) is 0 Å². The first kappa shape index (κ1) is 8.52. The molecule has 13 heavy (non-hydrogen) atoms. The highest BCUT2D eigenvalue weighted by Crippen LogP contribution is 2.48. The van der Waals surface area contributed by atoms with Crippen LogP contribution in [0.15, 0.2) is 43.0 Å². The van der Waals surface area contributed by atoms with Crippen molar-refractivity contribution in [2.24, 2.45) is 0 Å². The van der Waals surface area contributed by atoms with E-state index in [1.807, 2.05) is 12.1 Å². The summed E-state index contributed by atoms with van der Waals surface area (Å²) in [4.78, 5) is 0. The first-order valence-corrected chi connectivity index (χ1v) is 4.64. The minimum Gasteiger partial charge on any atom is -0.361 e. The third kappa shape index (κ3) is 1.29. The lowest BCUT2D eigenvalue weighted by Crippen LogP contribution is -2.09. The zero-order valence-electron chi connectivity index (χ0n) is 7.86. The van der Waals surface area contributed by atoms with E-state index in [-0.39, 0.29) is 5.60 Å². The minimum atomic E-state index is -0.0665. The van der Waals surface area contributed by atoms with Gasteiger partial charge in [0.2, 0.25) is 0 Å². The van der Waals surface area contributed by atoms with Crippen LogP contribution in [0.5, 0.6) is 0 Å². The molecule has 0 unspecified atom stereocenters. The molecule has 0 amide bonds. The number of benzene rings is 1. The van der Waals surface area contributed by atoms with Crippen molar-refractivity contribution in [2.75, 3.05) is 0 Å². The lowest BCUT2D eigenvalue weighted by molar-refractivity contribution is 0.300. The van der Waals surface area contributed by atoms with E-state index in [1.165, 1.54) is 5.56 Å². The molecule has 1 fully saturated rings. The molecule has 0 saturated carbocycles. The van der Waals surface area contributed by atoms with Crippen LogP contribution < -0.4 is 0 Å². The van der Waals surface area contributed by atoms with Crippen LogP contribution in [0.2, 0.25) is 0 Å². The first-order valence-electron chi connectivity index (χ1n) is 4.64. The molecular formula is C12H14O. The van der Waals surface area contributed by atoms with Crippen LogP contribution in [0.4, 0.5) is 0 Å². The second-order valence-corrected chi connectivity index (χ2v) is 3.51. The summed E-state index contributed by atoms with van der Waals surface area (Å²) in [5.74, 6) is 0. The Hall–Kier alpha value is -1.08. The number of hydrogen-bond acceptors (Lipinski definition) is 1. The molecule has 1 heterocycles. The van der Waals surface area contributed by atoms with Crippen LogP contribution in [0.1, 0.15) is 18.9 Å². The third-order valence-corrected chi connectivity index (χ3v) is 2.70. The first-order chi connectivity index (χ1) is 6.29. The molecule has 0 bridgehead atoms. The molecule has 68 valence electrons. The molecule has 0 spiro atoms. The number of hydrogen-bond donors (Lipinski definition) is 0. The molecule has 1 aliphatic rings. The van der Waals surface area contributed by atoms with Crippen molar-refractivity contribution in [3.05, 3.63) is 48.6 Å². The fraction of sp³-hybridized carbons (Fsp3) is 0.333. The molecule has 2 atom stereocenters. The Morgan fingerprint density at radius 1 is 1.46 bits per heavy atom. The van der Waals surface area contributed by atoms with E-state index < -0.39 is 0 Å². The lowest BCUT2D eigenvalue weighted by Gasteiger charge is -2.09. The zero-order chi connectivity index (χ0) is 9.31. The normalized spacial score (nSPS) is 31.3. The van der Waals surface area contributed by atoms with Crippen molar-refractivity contribution in [2.45, 2.75) is 25.0 Å². The van der Waals surface area contributed by atoms with E-state index in [1.54, 1.807) is 0 Å². The second kappa shape index (κ2) is 3.00. The minimum absolute atomic E-state index is 0.0665. The van der Waals surface area contributed by atoms with Gasteiger partial charge in [-0.15, -0.1) is 6.58 Å². The number of ether oxygens (including phenoxy) is 1. The Labute approximate surface area is 79.0 Å². The van der Waals surface area contributed by atoms with E-state index >= 15 is 0 Å². The predicted molar refractivity (Wildman–Crippen MR) is 53.5 cm³/mol. The van der Waals surface area contributed by atoms with Crippen molar-refractivity contribution in [3.8, 4) is 0 Å². The maximum absolute atomic E-state index is 5.66. The van der Waals surface area contributed by atoms with E-state index in [0.29, 0.717) is 6.10 Å². The van der Waals surface area contributed by atoms with Crippen molar-refractivity contribution in [1.29, 1.82) is 0 Å². The van der Waals surface area contributed by atoms with Gasteiger partial charge in [0.1, 0.15) is 5.60 Å². The monoisotopic (exact) mass is 174 g/mol. The molecule has 2 rings (SSSR count). The van der Waals surface area contributed by atoms with Gasteiger partial charge in [-0.05, 0) is 12.5 Å². The molecular weight excluding hydrogens is 160 g/mol. The van der Waals surface area contributed by atoms with Crippen molar-refractivity contribution in [1.82, 2.24) is 0 Å². The van der Waals surface area contributed by atoms with Crippen LogP contribution in [-0.4, -0.2) is 6.10 Å². The fourth-order valence-corrected chi connectivity index (χ4v) is 1.85. The van der Waals surface area contributed by atoms with Crippen LogP contribution in [0.3, 0.4) is 0 Å². The molecule has 1 aliphatic heterocycles. The van der Waals surface area contributed by atoms with Gasteiger partial charge in [-0.1, -0.05) is 36.4 Å². The summed E-state index contributed by atoms with van der Waals surface area (Å²) in [5, 5.41) is 0. The van der Waals surface area contributed by atoms with Gasteiger partial charge >= 0.3 is 0 Å². The molecule has 1 aromatic rings. The van der Waals surface area contributed by atoms with Crippen molar-refractivity contribution < 1.29 is 4.74 Å². The number of rotatable bonds is 3. The number of epoxide rings is 1. The molecule has 0 N–H and O–H groups in total. The van der Waals surface area contributed by atoms with E-state index in [9.17, 15) is 0 Å². The van der Waals surface area contributed by atoms with Crippen molar-refractivity contribution in [3.63, 3.8) is 0 Å². The zero-order valence-corrected chi connectivity index (χ0v) is 7.86. The molecule has 1 nitrogen and oxygen atoms in total. The lowest BCUT2D eigenvalue weighted by atomic mass is 9.93. The fourth-order valence-electron chi connectivity index (χ4n) is 1.85. The van der Waals surface area contributed by atoms with Gasteiger partial charge in [-0.2, -0.15) is 0 Å². The summed E-state index contributed by atoms with van der Waals surface area (Å²) in [6, 6.07) is 10.4. The van der Waals surface area contributed by atoms with Crippen LogP contribution >= 0.6 is 0 Å². The van der Waals surface area contributed by atoms with Crippen LogP contribution in [0, 0.1) is 0 Å². The molecule has 1 aromatic carbocycles. The maximum Gasteiger partial charge on any atom is 0.123 e. The smallest absolute Gasteiger partial charge is 0.123 e. The van der Waals surface area contributed by atoms with Gasteiger partial charge in [0.15, 0.2) is 0 Å². The summed E-state index contributed by atoms with van der Waals surface area (Å²) in [5.41, 5.74) is 1.20.